The minimum absolute atomic E-state index is 0.0653. The van der Waals surface area contributed by atoms with E-state index in [2.05, 4.69) is 26.6 Å². The lowest BCUT2D eigenvalue weighted by Gasteiger charge is -2.14. The summed E-state index contributed by atoms with van der Waals surface area (Å²) >= 11 is 0. The first-order chi connectivity index (χ1) is 8.22. The fraction of sp³-hybridized carbons (Fsp3) is 0.273. The molecular formula is C11H12N6. The Morgan fingerprint density at radius 2 is 2.35 bits per heavy atom. The number of hydrogen-bond donors (Lipinski definition) is 1. The highest BCUT2D eigenvalue weighted by Gasteiger charge is 2.13. The molecule has 2 aromatic heterocycles. The fourth-order valence-electron chi connectivity index (χ4n) is 1.56. The van der Waals surface area contributed by atoms with Gasteiger partial charge >= 0.3 is 0 Å². The van der Waals surface area contributed by atoms with E-state index in [9.17, 15) is 0 Å². The largest absolute Gasteiger partial charge is 0.359 e. The Balaban J connectivity index is 2.22. The maximum atomic E-state index is 8.95. The van der Waals surface area contributed by atoms with Crippen molar-refractivity contribution in [3.05, 3.63) is 36.0 Å². The van der Waals surface area contributed by atoms with Gasteiger partial charge in [0.05, 0.1) is 11.6 Å². The number of nitriles is 1. The quantitative estimate of drug-likeness (QED) is 0.855. The minimum Gasteiger partial charge on any atom is -0.359 e. The number of pyridine rings is 1. The molecule has 0 aliphatic carbocycles. The van der Waals surface area contributed by atoms with Gasteiger partial charge in [-0.05, 0) is 19.1 Å². The van der Waals surface area contributed by atoms with Crippen molar-refractivity contribution in [2.24, 2.45) is 7.05 Å². The van der Waals surface area contributed by atoms with Crippen molar-refractivity contribution in [3.8, 4) is 6.07 Å². The lowest BCUT2D eigenvalue weighted by Crippen LogP contribution is -2.13. The van der Waals surface area contributed by atoms with Gasteiger partial charge in [-0.1, -0.05) is 0 Å². The Labute approximate surface area is 98.9 Å². The summed E-state index contributed by atoms with van der Waals surface area (Å²) in [5, 5.41) is 19.9. The van der Waals surface area contributed by atoms with Crippen LogP contribution in [-0.2, 0) is 7.05 Å². The van der Waals surface area contributed by atoms with Gasteiger partial charge in [-0.3, -0.25) is 0 Å². The maximum Gasteiger partial charge on any atom is 0.154 e. The van der Waals surface area contributed by atoms with Crippen LogP contribution in [0.3, 0.4) is 0 Å². The molecule has 86 valence electrons. The first-order valence-electron chi connectivity index (χ1n) is 5.18. The van der Waals surface area contributed by atoms with E-state index >= 15 is 0 Å². The normalized spacial score (nSPS) is 11.8. The van der Waals surface area contributed by atoms with Crippen LogP contribution in [0.5, 0.6) is 0 Å². The summed E-state index contributed by atoms with van der Waals surface area (Å²) in [6.07, 6.45) is 3.28. The number of aromatic nitrogens is 4. The Morgan fingerprint density at radius 3 is 3.00 bits per heavy atom. The van der Waals surface area contributed by atoms with Gasteiger partial charge in [0.1, 0.15) is 18.2 Å². The summed E-state index contributed by atoms with van der Waals surface area (Å²) in [6, 6.07) is 5.48. The predicted molar refractivity (Wildman–Crippen MR) is 62.0 cm³/mol. The van der Waals surface area contributed by atoms with Gasteiger partial charge in [0.15, 0.2) is 5.82 Å². The zero-order valence-corrected chi connectivity index (χ0v) is 9.62. The third-order valence-electron chi connectivity index (χ3n) is 2.42. The van der Waals surface area contributed by atoms with E-state index in [1.165, 1.54) is 0 Å². The lowest BCUT2D eigenvalue weighted by atomic mass is 10.2. The van der Waals surface area contributed by atoms with Gasteiger partial charge < -0.3 is 9.88 Å². The molecule has 2 heterocycles. The van der Waals surface area contributed by atoms with Crippen molar-refractivity contribution in [1.29, 1.82) is 5.26 Å². The van der Waals surface area contributed by atoms with Crippen LogP contribution in [0.2, 0.25) is 0 Å². The summed E-state index contributed by atoms with van der Waals surface area (Å²) in [4.78, 5) is 4.14. The number of anilines is 1. The lowest BCUT2D eigenvalue weighted by molar-refractivity contribution is 0.716. The van der Waals surface area contributed by atoms with Gasteiger partial charge in [0.25, 0.3) is 0 Å². The second-order valence-corrected chi connectivity index (χ2v) is 3.68. The van der Waals surface area contributed by atoms with Crippen molar-refractivity contribution < 1.29 is 0 Å². The third-order valence-corrected chi connectivity index (χ3v) is 2.42. The summed E-state index contributed by atoms with van der Waals surface area (Å²) in [6.45, 7) is 1.94. The highest BCUT2D eigenvalue weighted by atomic mass is 15.3. The molecule has 0 saturated heterocycles. The number of nitrogens with zero attached hydrogens (tertiary/aromatic N) is 5. The van der Waals surface area contributed by atoms with Gasteiger partial charge in [-0.2, -0.15) is 5.26 Å². The Morgan fingerprint density at radius 1 is 1.53 bits per heavy atom. The molecule has 0 spiro atoms. The van der Waals surface area contributed by atoms with Crippen molar-refractivity contribution >= 4 is 5.82 Å². The summed E-state index contributed by atoms with van der Waals surface area (Å²) in [5.41, 5.74) is 0.515. The van der Waals surface area contributed by atoms with Crippen molar-refractivity contribution in [2.45, 2.75) is 13.0 Å². The molecule has 2 aromatic rings. The molecule has 17 heavy (non-hydrogen) atoms. The number of aryl methyl sites for hydroxylation is 1. The third kappa shape index (κ3) is 2.23. The first kappa shape index (κ1) is 11.1. The number of hydrogen-bond acceptors (Lipinski definition) is 5. The smallest absolute Gasteiger partial charge is 0.154 e. The topological polar surface area (TPSA) is 79.4 Å². The maximum absolute atomic E-state index is 8.95. The molecule has 0 fully saturated rings. The van der Waals surface area contributed by atoms with Crippen LogP contribution in [-0.4, -0.2) is 19.7 Å². The SMILES string of the molecule is CC(Nc1ncccc1C#N)c1nncn1C. The van der Waals surface area contributed by atoms with Gasteiger partial charge in [0, 0.05) is 13.2 Å². The van der Waals surface area contributed by atoms with Crippen LogP contribution in [0.4, 0.5) is 5.82 Å². The van der Waals surface area contributed by atoms with E-state index in [0.29, 0.717) is 11.4 Å². The van der Waals surface area contributed by atoms with Crippen LogP contribution in [0.15, 0.2) is 24.7 Å². The molecule has 0 aliphatic rings. The van der Waals surface area contributed by atoms with E-state index in [0.717, 1.165) is 5.82 Å². The molecule has 0 saturated carbocycles. The van der Waals surface area contributed by atoms with E-state index in [1.807, 2.05) is 18.5 Å². The second kappa shape index (κ2) is 4.61. The summed E-state index contributed by atoms with van der Waals surface area (Å²) in [5.74, 6) is 1.35. The highest BCUT2D eigenvalue weighted by Crippen LogP contribution is 2.17. The van der Waals surface area contributed by atoms with E-state index in [4.69, 9.17) is 5.26 Å². The fourth-order valence-corrected chi connectivity index (χ4v) is 1.56. The molecule has 0 bridgehead atoms. The number of rotatable bonds is 3. The molecule has 6 nitrogen and oxygen atoms in total. The number of nitrogens with one attached hydrogen (secondary N) is 1. The van der Waals surface area contributed by atoms with Crippen molar-refractivity contribution in [2.75, 3.05) is 5.32 Å². The second-order valence-electron chi connectivity index (χ2n) is 3.68. The molecule has 0 aliphatic heterocycles. The Bertz CT molecular complexity index is 553. The van der Waals surface area contributed by atoms with Gasteiger partial charge in [-0.25, -0.2) is 4.98 Å². The molecule has 0 aromatic carbocycles. The van der Waals surface area contributed by atoms with Gasteiger partial charge in [-0.15, -0.1) is 10.2 Å². The Hall–Kier alpha value is -2.42. The molecular weight excluding hydrogens is 216 g/mol. The molecule has 0 amide bonds. The zero-order valence-electron chi connectivity index (χ0n) is 9.62. The molecule has 2 rings (SSSR count). The summed E-state index contributed by atoms with van der Waals surface area (Å²) < 4.78 is 1.83. The first-order valence-corrected chi connectivity index (χ1v) is 5.18. The standard InChI is InChI=1S/C11H12N6/c1-8(11-16-14-7-17(11)2)15-10-9(6-12)4-3-5-13-10/h3-5,7-8H,1-2H3,(H,13,15). The Kier molecular flexibility index (Phi) is 3.01. The van der Waals surface area contributed by atoms with E-state index < -0.39 is 0 Å². The summed E-state index contributed by atoms with van der Waals surface area (Å²) in [7, 11) is 1.87. The highest BCUT2D eigenvalue weighted by molar-refractivity contribution is 5.51. The molecule has 1 atom stereocenters. The van der Waals surface area contributed by atoms with Crippen molar-refractivity contribution in [3.63, 3.8) is 0 Å². The van der Waals surface area contributed by atoms with Crippen LogP contribution < -0.4 is 5.32 Å². The molecule has 1 unspecified atom stereocenters. The van der Waals surface area contributed by atoms with Crippen LogP contribution in [0, 0.1) is 11.3 Å². The molecule has 6 heteroatoms. The average molecular weight is 228 g/mol. The van der Waals surface area contributed by atoms with E-state index in [-0.39, 0.29) is 6.04 Å². The minimum atomic E-state index is -0.0653. The predicted octanol–water partition coefficient (Wildman–Crippen LogP) is 1.25. The monoisotopic (exact) mass is 228 g/mol. The molecule has 0 radical (unpaired) electrons. The van der Waals surface area contributed by atoms with Crippen LogP contribution in [0.25, 0.3) is 0 Å². The average Bonchev–Trinajstić information content (AvgIpc) is 2.76. The van der Waals surface area contributed by atoms with Crippen LogP contribution >= 0.6 is 0 Å². The van der Waals surface area contributed by atoms with Crippen LogP contribution in [0.1, 0.15) is 24.4 Å². The van der Waals surface area contributed by atoms with E-state index in [1.54, 1.807) is 24.7 Å². The zero-order chi connectivity index (χ0) is 12.3. The molecule has 1 N–H and O–H groups in total. The van der Waals surface area contributed by atoms with Gasteiger partial charge in [0.2, 0.25) is 0 Å². The van der Waals surface area contributed by atoms with Crippen molar-refractivity contribution in [1.82, 2.24) is 19.7 Å².